The van der Waals surface area contributed by atoms with Crippen molar-refractivity contribution >= 4 is 34.0 Å². The molecule has 0 bridgehead atoms. The number of carbonyl (C=O) groups excluding carboxylic acids is 1. The van der Waals surface area contributed by atoms with Crippen LogP contribution in [0.15, 0.2) is 45.6 Å². The molecule has 0 radical (unpaired) electrons. The van der Waals surface area contributed by atoms with Gasteiger partial charge < -0.3 is 19.4 Å². The van der Waals surface area contributed by atoms with E-state index < -0.39 is 5.63 Å². The van der Waals surface area contributed by atoms with Crippen LogP contribution in [0, 0.1) is 13.8 Å². The van der Waals surface area contributed by atoms with Gasteiger partial charge in [0.05, 0.1) is 13.2 Å². The first kappa shape index (κ1) is 19.1. The summed E-state index contributed by atoms with van der Waals surface area (Å²) in [5.74, 6) is 0. The molecule has 6 nitrogen and oxygen atoms in total. The Morgan fingerprint density at radius 1 is 1.22 bits per heavy atom. The number of thiophene rings is 1. The van der Waals surface area contributed by atoms with Gasteiger partial charge in [0.1, 0.15) is 5.58 Å². The number of hydrogen-bond acceptors (Lipinski definition) is 5. The normalized spacial score (nSPS) is 10.9. The van der Waals surface area contributed by atoms with Crippen molar-refractivity contribution in [2.45, 2.75) is 20.4 Å². The summed E-state index contributed by atoms with van der Waals surface area (Å²) in [6, 6.07) is 10.6. The number of fused-ring (bicyclic) bond motifs is 1. The fourth-order valence-electron chi connectivity index (χ4n) is 2.82. The van der Waals surface area contributed by atoms with E-state index in [4.69, 9.17) is 9.15 Å². The van der Waals surface area contributed by atoms with Gasteiger partial charge in [-0.25, -0.2) is 9.59 Å². The second-order valence-corrected chi connectivity index (χ2v) is 7.69. The molecule has 0 spiro atoms. The maximum atomic E-state index is 12.8. The molecule has 0 atom stereocenters. The van der Waals surface area contributed by atoms with Crippen molar-refractivity contribution in [2.24, 2.45) is 0 Å². The zero-order chi connectivity index (χ0) is 19.4. The number of nitrogens with one attached hydrogen (secondary N) is 1. The third-order valence-corrected chi connectivity index (χ3v) is 5.18. The van der Waals surface area contributed by atoms with Crippen LogP contribution in [0.1, 0.15) is 15.3 Å². The van der Waals surface area contributed by atoms with Gasteiger partial charge in [0, 0.05) is 46.6 Å². The first-order chi connectivity index (χ1) is 13.0. The SMILES string of the molecule is COCCN(Cc1ccc(C)s1)C(=O)Nc1ccc2c(C)cc(=O)oc2c1. The summed E-state index contributed by atoms with van der Waals surface area (Å²) in [5.41, 5.74) is 1.47. The van der Waals surface area contributed by atoms with Gasteiger partial charge in [-0.15, -0.1) is 11.3 Å². The molecule has 1 N–H and O–H groups in total. The highest BCUT2D eigenvalue weighted by Crippen LogP contribution is 2.22. The van der Waals surface area contributed by atoms with Gasteiger partial charge in [0.2, 0.25) is 0 Å². The molecular formula is C20H22N2O4S. The first-order valence-electron chi connectivity index (χ1n) is 8.61. The number of methoxy groups -OCH3 is 1. The van der Waals surface area contributed by atoms with Crippen LogP contribution in [-0.2, 0) is 11.3 Å². The van der Waals surface area contributed by atoms with E-state index in [0.29, 0.717) is 31.0 Å². The molecule has 2 aromatic heterocycles. The quantitative estimate of drug-likeness (QED) is 0.646. The average Bonchev–Trinajstić information content (AvgIpc) is 3.03. The molecule has 0 aliphatic carbocycles. The number of nitrogens with zero attached hydrogens (tertiary/aromatic N) is 1. The van der Waals surface area contributed by atoms with Crippen molar-refractivity contribution in [3.63, 3.8) is 0 Å². The number of aryl methyl sites for hydroxylation is 2. The van der Waals surface area contributed by atoms with Gasteiger partial charge in [0.15, 0.2) is 0 Å². The summed E-state index contributed by atoms with van der Waals surface area (Å²) in [5, 5.41) is 3.73. The second-order valence-electron chi connectivity index (χ2n) is 6.32. The van der Waals surface area contributed by atoms with Crippen LogP contribution >= 0.6 is 11.3 Å². The third-order valence-electron chi connectivity index (χ3n) is 4.20. The lowest BCUT2D eigenvalue weighted by Gasteiger charge is -2.22. The minimum absolute atomic E-state index is 0.229. The standard InChI is InChI=1S/C20H22N2O4S/c1-13-10-19(23)26-18-11-15(5-7-17(13)18)21-20(24)22(8-9-25-3)12-16-6-4-14(2)27-16/h4-7,10-11H,8-9,12H2,1-3H3,(H,21,24). The average molecular weight is 386 g/mol. The smallest absolute Gasteiger partial charge is 0.336 e. The van der Waals surface area contributed by atoms with Crippen LogP contribution in [0.2, 0.25) is 0 Å². The molecule has 27 heavy (non-hydrogen) atoms. The van der Waals surface area contributed by atoms with E-state index in [1.165, 1.54) is 10.9 Å². The van der Waals surface area contributed by atoms with E-state index in [1.54, 1.807) is 35.5 Å². The fraction of sp³-hybridized carbons (Fsp3) is 0.300. The van der Waals surface area contributed by atoms with Crippen LogP contribution < -0.4 is 10.9 Å². The van der Waals surface area contributed by atoms with E-state index >= 15 is 0 Å². The molecule has 0 saturated carbocycles. The molecule has 0 aliphatic rings. The molecule has 3 rings (SSSR count). The molecule has 142 valence electrons. The van der Waals surface area contributed by atoms with Crippen LogP contribution in [-0.4, -0.2) is 31.2 Å². The van der Waals surface area contributed by atoms with Crippen molar-refractivity contribution in [2.75, 3.05) is 25.6 Å². The molecule has 2 amide bonds. The van der Waals surface area contributed by atoms with Crippen LogP contribution in [0.4, 0.5) is 10.5 Å². The van der Waals surface area contributed by atoms with Gasteiger partial charge in [-0.2, -0.15) is 0 Å². The number of carbonyl (C=O) groups is 1. The Kier molecular flexibility index (Phi) is 5.93. The monoisotopic (exact) mass is 386 g/mol. The highest BCUT2D eigenvalue weighted by molar-refractivity contribution is 7.11. The summed E-state index contributed by atoms with van der Waals surface area (Å²) >= 11 is 1.67. The Morgan fingerprint density at radius 3 is 2.74 bits per heavy atom. The Labute approximate surface area is 161 Å². The Hall–Kier alpha value is -2.64. The Bertz CT molecular complexity index is 1010. The van der Waals surface area contributed by atoms with Crippen molar-refractivity contribution < 1.29 is 13.9 Å². The number of ether oxygens (including phenoxy) is 1. The number of amides is 2. The first-order valence-corrected chi connectivity index (χ1v) is 9.42. The summed E-state index contributed by atoms with van der Waals surface area (Å²) < 4.78 is 10.4. The van der Waals surface area contributed by atoms with Gasteiger partial charge in [-0.1, -0.05) is 0 Å². The maximum Gasteiger partial charge on any atom is 0.336 e. The molecular weight excluding hydrogens is 364 g/mol. The zero-order valence-electron chi connectivity index (χ0n) is 15.6. The molecule has 0 aliphatic heterocycles. The van der Waals surface area contributed by atoms with Gasteiger partial charge in [0.25, 0.3) is 0 Å². The molecule has 7 heteroatoms. The lowest BCUT2D eigenvalue weighted by atomic mass is 10.1. The van der Waals surface area contributed by atoms with Crippen LogP contribution in [0.25, 0.3) is 11.0 Å². The Balaban J connectivity index is 1.79. The van der Waals surface area contributed by atoms with Crippen molar-refractivity contribution in [1.82, 2.24) is 4.90 Å². The molecule has 0 saturated heterocycles. The van der Waals surface area contributed by atoms with Crippen molar-refractivity contribution in [3.05, 3.63) is 62.1 Å². The van der Waals surface area contributed by atoms with E-state index in [0.717, 1.165) is 15.8 Å². The highest BCUT2D eigenvalue weighted by atomic mass is 32.1. The van der Waals surface area contributed by atoms with E-state index in [9.17, 15) is 9.59 Å². The van der Waals surface area contributed by atoms with Crippen molar-refractivity contribution in [3.8, 4) is 0 Å². The van der Waals surface area contributed by atoms with Gasteiger partial charge >= 0.3 is 11.7 Å². The highest BCUT2D eigenvalue weighted by Gasteiger charge is 2.15. The number of urea groups is 1. The molecule has 0 fully saturated rings. The number of anilines is 1. The third kappa shape index (κ3) is 4.75. The second kappa shape index (κ2) is 8.37. The predicted octanol–water partition coefficient (Wildman–Crippen LogP) is 4.15. The molecule has 1 aromatic carbocycles. The van der Waals surface area contributed by atoms with E-state index in [1.807, 2.05) is 32.0 Å². The zero-order valence-corrected chi connectivity index (χ0v) is 16.4. The number of rotatable bonds is 6. The van der Waals surface area contributed by atoms with Crippen molar-refractivity contribution in [1.29, 1.82) is 0 Å². The fourth-order valence-corrected chi connectivity index (χ4v) is 3.72. The summed E-state index contributed by atoms with van der Waals surface area (Å²) in [7, 11) is 1.61. The molecule has 3 aromatic rings. The minimum Gasteiger partial charge on any atom is -0.423 e. The summed E-state index contributed by atoms with van der Waals surface area (Å²) in [4.78, 5) is 28.4. The topological polar surface area (TPSA) is 71.8 Å². The lowest BCUT2D eigenvalue weighted by Crippen LogP contribution is -2.36. The minimum atomic E-state index is -0.404. The predicted molar refractivity (Wildman–Crippen MR) is 108 cm³/mol. The summed E-state index contributed by atoms with van der Waals surface area (Å²) in [6.07, 6.45) is 0. The molecule has 0 unspecified atom stereocenters. The van der Waals surface area contributed by atoms with E-state index in [2.05, 4.69) is 5.32 Å². The Morgan fingerprint density at radius 2 is 2.04 bits per heavy atom. The maximum absolute atomic E-state index is 12.8. The van der Waals surface area contributed by atoms with Gasteiger partial charge in [-0.05, 0) is 43.7 Å². The van der Waals surface area contributed by atoms with Gasteiger partial charge in [-0.3, -0.25) is 0 Å². The van der Waals surface area contributed by atoms with Crippen LogP contribution in [0.5, 0.6) is 0 Å². The number of hydrogen-bond donors (Lipinski definition) is 1. The lowest BCUT2D eigenvalue weighted by molar-refractivity contribution is 0.153. The largest absolute Gasteiger partial charge is 0.423 e. The number of benzene rings is 1. The van der Waals surface area contributed by atoms with E-state index in [-0.39, 0.29) is 6.03 Å². The van der Waals surface area contributed by atoms with Crippen LogP contribution in [0.3, 0.4) is 0 Å². The summed E-state index contributed by atoms with van der Waals surface area (Å²) in [6.45, 7) is 5.33. The molecule has 2 heterocycles.